The minimum atomic E-state index is -0.410. The molecule has 5 nitrogen and oxygen atoms in total. The molecule has 0 aliphatic rings. The molecule has 0 aliphatic heterocycles. The summed E-state index contributed by atoms with van der Waals surface area (Å²) in [6, 6.07) is 3.93. The lowest BCUT2D eigenvalue weighted by molar-refractivity contribution is -0.143. The van der Waals surface area contributed by atoms with Crippen LogP contribution in [0, 0.1) is 6.92 Å². The number of halogens is 1. The Hall–Kier alpha value is -1.82. The van der Waals surface area contributed by atoms with E-state index in [1.54, 1.807) is 13.8 Å². The summed E-state index contributed by atoms with van der Waals surface area (Å²) in [5.74, 6) is -0.685. The highest BCUT2D eigenvalue weighted by molar-refractivity contribution is 9.10. The Kier molecular flexibility index (Phi) is 5.82. The van der Waals surface area contributed by atoms with Crippen LogP contribution >= 0.6 is 15.9 Å². The van der Waals surface area contributed by atoms with Crippen molar-refractivity contribution in [3.8, 4) is 0 Å². The second-order valence-electron chi connectivity index (χ2n) is 5.12. The van der Waals surface area contributed by atoms with Gasteiger partial charge in [-0.15, -0.1) is 0 Å². The summed E-state index contributed by atoms with van der Waals surface area (Å²) < 4.78 is 11.0. The van der Waals surface area contributed by atoms with Crippen molar-refractivity contribution in [2.24, 2.45) is 0 Å². The molecule has 1 aromatic carbocycles. The Morgan fingerprint density at radius 3 is 2.52 bits per heavy atom. The molecule has 0 unspecified atom stereocenters. The average Bonchev–Trinajstić information content (AvgIpc) is 2.89. The molecule has 0 saturated heterocycles. The molecule has 2 rings (SSSR count). The highest BCUT2D eigenvalue weighted by atomic mass is 79.9. The van der Waals surface area contributed by atoms with E-state index >= 15 is 0 Å². The lowest BCUT2D eigenvalue weighted by atomic mass is 10.0. The number of fused-ring (bicyclic) bond motifs is 1. The number of H-pyrrole nitrogens is 1. The van der Waals surface area contributed by atoms with Crippen molar-refractivity contribution in [1.29, 1.82) is 0 Å². The maximum atomic E-state index is 12.2. The number of nitrogens with one attached hydrogen (secondary N) is 1. The minimum Gasteiger partial charge on any atom is -0.466 e. The van der Waals surface area contributed by atoms with Gasteiger partial charge in [-0.25, -0.2) is 4.79 Å². The monoisotopic (exact) mass is 381 g/mol. The van der Waals surface area contributed by atoms with E-state index in [9.17, 15) is 9.59 Å². The molecule has 0 radical (unpaired) electrons. The third-order valence-electron chi connectivity index (χ3n) is 3.58. The normalized spacial score (nSPS) is 10.8. The number of aryl methyl sites for hydroxylation is 2. The van der Waals surface area contributed by atoms with Crippen molar-refractivity contribution in [2.75, 3.05) is 13.2 Å². The molecular weight excluding hydrogens is 362 g/mol. The van der Waals surface area contributed by atoms with Crippen molar-refractivity contribution in [3.05, 3.63) is 33.4 Å². The van der Waals surface area contributed by atoms with Crippen LogP contribution in [0.25, 0.3) is 10.9 Å². The van der Waals surface area contributed by atoms with E-state index < -0.39 is 5.97 Å². The fourth-order valence-electron chi connectivity index (χ4n) is 2.49. The van der Waals surface area contributed by atoms with Gasteiger partial charge < -0.3 is 14.5 Å². The number of benzene rings is 1. The van der Waals surface area contributed by atoms with Crippen LogP contribution in [-0.2, 0) is 20.7 Å². The third-order valence-corrected chi connectivity index (χ3v) is 4.60. The quantitative estimate of drug-likeness (QED) is 0.770. The molecule has 0 fully saturated rings. The van der Waals surface area contributed by atoms with Crippen LogP contribution in [0.3, 0.4) is 0 Å². The minimum absolute atomic E-state index is 0.221. The molecule has 0 spiro atoms. The van der Waals surface area contributed by atoms with E-state index in [1.807, 2.05) is 19.1 Å². The number of hydrogen-bond acceptors (Lipinski definition) is 4. The van der Waals surface area contributed by atoms with Crippen molar-refractivity contribution >= 4 is 38.8 Å². The zero-order chi connectivity index (χ0) is 17.0. The lowest BCUT2D eigenvalue weighted by Crippen LogP contribution is -2.10. The van der Waals surface area contributed by atoms with E-state index in [2.05, 4.69) is 20.9 Å². The largest absolute Gasteiger partial charge is 0.466 e. The van der Waals surface area contributed by atoms with Crippen molar-refractivity contribution in [3.63, 3.8) is 0 Å². The van der Waals surface area contributed by atoms with Crippen LogP contribution in [0.5, 0.6) is 0 Å². The van der Waals surface area contributed by atoms with Crippen molar-refractivity contribution in [1.82, 2.24) is 4.98 Å². The Labute approximate surface area is 143 Å². The summed E-state index contributed by atoms with van der Waals surface area (Å²) in [5.41, 5.74) is 3.09. The molecular formula is C17H20BrNO4. The number of ether oxygens (including phenoxy) is 2. The van der Waals surface area contributed by atoms with Crippen LogP contribution in [0.2, 0.25) is 0 Å². The Morgan fingerprint density at radius 1 is 1.17 bits per heavy atom. The SMILES string of the molecule is CCOC(=O)CCc1c(C(=O)OCC)[nH]c2c(Br)c(C)ccc12. The topological polar surface area (TPSA) is 68.4 Å². The van der Waals surface area contributed by atoms with Gasteiger partial charge in [-0.2, -0.15) is 0 Å². The zero-order valence-corrected chi connectivity index (χ0v) is 15.1. The summed E-state index contributed by atoms with van der Waals surface area (Å²) in [6.45, 7) is 6.16. The first-order valence-electron chi connectivity index (χ1n) is 7.61. The number of aromatic amines is 1. The second kappa shape index (κ2) is 7.64. The standard InChI is InChI=1S/C17H20BrNO4/c1-4-22-13(20)9-8-12-11-7-6-10(3)14(18)15(11)19-16(12)17(21)23-5-2/h6-7,19H,4-5,8-9H2,1-3H3. The molecule has 23 heavy (non-hydrogen) atoms. The molecule has 0 bridgehead atoms. The van der Waals surface area contributed by atoms with Crippen LogP contribution < -0.4 is 0 Å². The number of esters is 2. The summed E-state index contributed by atoms with van der Waals surface area (Å²) >= 11 is 3.55. The maximum Gasteiger partial charge on any atom is 0.355 e. The first-order chi connectivity index (χ1) is 11.0. The summed E-state index contributed by atoms with van der Waals surface area (Å²) in [4.78, 5) is 27.0. The molecule has 0 atom stereocenters. The van der Waals surface area contributed by atoms with Gasteiger partial charge in [0.25, 0.3) is 0 Å². The van der Waals surface area contributed by atoms with Gasteiger partial charge in [0, 0.05) is 16.3 Å². The van der Waals surface area contributed by atoms with Crippen LogP contribution in [0.15, 0.2) is 16.6 Å². The van der Waals surface area contributed by atoms with Gasteiger partial charge in [0.1, 0.15) is 5.69 Å². The first-order valence-corrected chi connectivity index (χ1v) is 8.41. The summed E-state index contributed by atoms with van der Waals surface area (Å²) in [7, 11) is 0. The average molecular weight is 382 g/mol. The smallest absolute Gasteiger partial charge is 0.355 e. The fourth-order valence-corrected chi connectivity index (χ4v) is 2.93. The van der Waals surface area contributed by atoms with E-state index in [-0.39, 0.29) is 12.4 Å². The molecule has 1 aromatic heterocycles. The number of aromatic nitrogens is 1. The lowest BCUT2D eigenvalue weighted by Gasteiger charge is -2.05. The van der Waals surface area contributed by atoms with E-state index in [4.69, 9.17) is 9.47 Å². The molecule has 0 saturated carbocycles. The maximum absolute atomic E-state index is 12.2. The van der Waals surface area contributed by atoms with Crippen molar-refractivity contribution < 1.29 is 19.1 Å². The van der Waals surface area contributed by atoms with Crippen LogP contribution in [0.4, 0.5) is 0 Å². The number of carbonyl (C=O) groups excluding carboxylic acids is 2. The van der Waals surface area contributed by atoms with E-state index in [1.165, 1.54) is 0 Å². The highest BCUT2D eigenvalue weighted by Crippen LogP contribution is 2.32. The third kappa shape index (κ3) is 3.75. The zero-order valence-electron chi connectivity index (χ0n) is 13.5. The van der Waals surface area contributed by atoms with Crippen molar-refractivity contribution in [2.45, 2.75) is 33.6 Å². The van der Waals surface area contributed by atoms with Crippen LogP contribution in [0.1, 0.15) is 41.9 Å². The summed E-state index contributed by atoms with van der Waals surface area (Å²) in [6.07, 6.45) is 0.640. The van der Waals surface area contributed by atoms with Gasteiger partial charge in [-0.3, -0.25) is 4.79 Å². The predicted molar refractivity (Wildman–Crippen MR) is 91.6 cm³/mol. The molecule has 6 heteroatoms. The van der Waals surface area contributed by atoms with Gasteiger partial charge >= 0.3 is 11.9 Å². The first kappa shape index (κ1) is 17.5. The number of carbonyl (C=O) groups is 2. The van der Waals surface area contributed by atoms with Gasteiger partial charge in [0.15, 0.2) is 0 Å². The highest BCUT2D eigenvalue weighted by Gasteiger charge is 2.21. The molecule has 124 valence electrons. The number of rotatable bonds is 6. The molecule has 1 heterocycles. The van der Waals surface area contributed by atoms with Gasteiger partial charge in [0.05, 0.1) is 18.7 Å². The van der Waals surface area contributed by atoms with Gasteiger partial charge in [-0.05, 0) is 54.2 Å². The fraction of sp³-hybridized carbons (Fsp3) is 0.412. The Bertz CT molecular complexity index is 736. The Morgan fingerprint density at radius 2 is 1.87 bits per heavy atom. The van der Waals surface area contributed by atoms with Gasteiger partial charge in [-0.1, -0.05) is 12.1 Å². The van der Waals surface area contributed by atoms with E-state index in [0.717, 1.165) is 26.5 Å². The van der Waals surface area contributed by atoms with Gasteiger partial charge in [0.2, 0.25) is 0 Å². The molecule has 0 amide bonds. The van der Waals surface area contributed by atoms with Crippen LogP contribution in [-0.4, -0.2) is 30.1 Å². The Balaban J connectivity index is 2.45. The predicted octanol–water partition coefficient (Wildman–Crippen LogP) is 3.91. The van der Waals surface area contributed by atoms with E-state index in [0.29, 0.717) is 25.3 Å². The molecule has 1 N–H and O–H groups in total. The summed E-state index contributed by atoms with van der Waals surface area (Å²) in [5, 5.41) is 0.912. The molecule has 2 aromatic rings. The molecule has 0 aliphatic carbocycles. The number of hydrogen-bond donors (Lipinski definition) is 1. The second-order valence-corrected chi connectivity index (χ2v) is 5.92.